The standard InChI is InChI=1S/C11H22OS/c1-9-7-11(12,8-13-9)6-5-10(2,3)4/h9,12H,5-8H2,1-4H3. The first kappa shape index (κ1) is 11.4. The van der Waals surface area contributed by atoms with Gasteiger partial charge in [0.1, 0.15) is 0 Å². The molecule has 0 aromatic rings. The van der Waals surface area contributed by atoms with E-state index in [0.717, 1.165) is 25.0 Å². The van der Waals surface area contributed by atoms with Gasteiger partial charge in [0.15, 0.2) is 0 Å². The molecule has 1 N–H and O–H groups in total. The van der Waals surface area contributed by atoms with E-state index in [1.807, 2.05) is 11.8 Å². The van der Waals surface area contributed by atoms with Gasteiger partial charge in [0.25, 0.3) is 0 Å². The molecule has 0 amide bonds. The summed E-state index contributed by atoms with van der Waals surface area (Å²) in [5, 5.41) is 10.8. The Balaban J connectivity index is 2.36. The molecule has 0 saturated carbocycles. The Morgan fingerprint density at radius 1 is 1.46 bits per heavy atom. The lowest BCUT2D eigenvalue weighted by Crippen LogP contribution is -2.30. The molecular formula is C11H22OS. The molecule has 1 heterocycles. The SMILES string of the molecule is CC1CC(O)(CCC(C)(C)C)CS1. The maximum atomic E-state index is 10.2. The van der Waals surface area contributed by atoms with Crippen LogP contribution in [-0.4, -0.2) is 21.7 Å². The maximum absolute atomic E-state index is 10.2. The number of aliphatic hydroxyl groups is 1. The smallest absolute Gasteiger partial charge is 0.0748 e. The fraction of sp³-hybridized carbons (Fsp3) is 1.00. The van der Waals surface area contributed by atoms with Gasteiger partial charge < -0.3 is 5.11 Å². The molecule has 0 aromatic heterocycles. The molecule has 0 bridgehead atoms. The zero-order valence-corrected chi connectivity index (χ0v) is 10.1. The number of hydrogen-bond acceptors (Lipinski definition) is 2. The molecule has 2 atom stereocenters. The van der Waals surface area contributed by atoms with Gasteiger partial charge in [0.05, 0.1) is 5.60 Å². The molecular weight excluding hydrogens is 180 g/mol. The van der Waals surface area contributed by atoms with E-state index in [1.165, 1.54) is 0 Å². The summed E-state index contributed by atoms with van der Waals surface area (Å²) in [6.45, 7) is 8.92. The molecule has 1 rings (SSSR count). The van der Waals surface area contributed by atoms with E-state index in [-0.39, 0.29) is 5.60 Å². The predicted molar refractivity (Wildman–Crippen MR) is 60.2 cm³/mol. The van der Waals surface area contributed by atoms with Crippen molar-refractivity contribution >= 4 is 11.8 Å². The highest BCUT2D eigenvalue weighted by atomic mass is 32.2. The number of rotatable bonds is 2. The summed E-state index contributed by atoms with van der Waals surface area (Å²) in [5.41, 5.74) is -0.0103. The van der Waals surface area contributed by atoms with Crippen molar-refractivity contribution in [3.63, 3.8) is 0 Å². The molecule has 1 aliphatic rings. The minimum absolute atomic E-state index is 0.353. The molecule has 0 spiro atoms. The van der Waals surface area contributed by atoms with Crippen LogP contribution in [0.3, 0.4) is 0 Å². The predicted octanol–water partition coefficient (Wildman–Crippen LogP) is 3.07. The largest absolute Gasteiger partial charge is 0.389 e. The van der Waals surface area contributed by atoms with Crippen LogP contribution in [0.1, 0.15) is 47.0 Å². The first-order valence-corrected chi connectivity index (χ1v) is 6.20. The third kappa shape index (κ3) is 3.90. The lowest BCUT2D eigenvalue weighted by Gasteiger charge is -2.26. The third-order valence-corrected chi connectivity index (χ3v) is 4.08. The average Bonchev–Trinajstić information content (AvgIpc) is 2.27. The normalized spacial score (nSPS) is 35.3. The Morgan fingerprint density at radius 2 is 2.08 bits per heavy atom. The highest BCUT2D eigenvalue weighted by Crippen LogP contribution is 2.39. The molecule has 0 aliphatic carbocycles. The van der Waals surface area contributed by atoms with Crippen LogP contribution in [0.25, 0.3) is 0 Å². The molecule has 1 saturated heterocycles. The first-order chi connectivity index (χ1) is 5.81. The van der Waals surface area contributed by atoms with Crippen LogP contribution in [0, 0.1) is 5.41 Å². The Labute approximate surface area is 86.3 Å². The Kier molecular flexibility index (Phi) is 3.34. The topological polar surface area (TPSA) is 20.2 Å². The van der Waals surface area contributed by atoms with Crippen LogP contribution in [0.15, 0.2) is 0 Å². The fourth-order valence-corrected chi connectivity index (χ4v) is 3.02. The van der Waals surface area contributed by atoms with E-state index in [4.69, 9.17) is 0 Å². The van der Waals surface area contributed by atoms with E-state index in [1.54, 1.807) is 0 Å². The van der Waals surface area contributed by atoms with Crippen molar-refractivity contribution in [1.82, 2.24) is 0 Å². The fourth-order valence-electron chi connectivity index (χ4n) is 1.73. The highest BCUT2D eigenvalue weighted by Gasteiger charge is 2.36. The van der Waals surface area contributed by atoms with Gasteiger partial charge in [-0.2, -0.15) is 11.8 Å². The van der Waals surface area contributed by atoms with E-state index >= 15 is 0 Å². The van der Waals surface area contributed by atoms with Crippen molar-refractivity contribution in [1.29, 1.82) is 0 Å². The van der Waals surface area contributed by atoms with Crippen LogP contribution in [0.2, 0.25) is 0 Å². The summed E-state index contributed by atoms with van der Waals surface area (Å²) in [5.74, 6) is 0.935. The van der Waals surface area contributed by atoms with Gasteiger partial charge in [-0.3, -0.25) is 0 Å². The van der Waals surface area contributed by atoms with Gasteiger partial charge in [-0.05, 0) is 24.7 Å². The van der Waals surface area contributed by atoms with Crippen molar-refractivity contribution in [3.8, 4) is 0 Å². The lowest BCUT2D eigenvalue weighted by molar-refractivity contribution is 0.0430. The lowest BCUT2D eigenvalue weighted by atomic mass is 9.84. The minimum atomic E-state index is -0.364. The van der Waals surface area contributed by atoms with E-state index < -0.39 is 0 Å². The summed E-state index contributed by atoms with van der Waals surface area (Å²) in [4.78, 5) is 0. The molecule has 0 aromatic carbocycles. The van der Waals surface area contributed by atoms with Crippen LogP contribution >= 0.6 is 11.8 Å². The van der Waals surface area contributed by atoms with Gasteiger partial charge in [0, 0.05) is 11.0 Å². The van der Waals surface area contributed by atoms with Gasteiger partial charge in [0.2, 0.25) is 0 Å². The molecule has 2 unspecified atom stereocenters. The molecule has 1 fully saturated rings. The zero-order valence-electron chi connectivity index (χ0n) is 9.26. The third-order valence-electron chi connectivity index (χ3n) is 2.64. The second-order valence-corrected chi connectivity index (χ2v) is 7.04. The van der Waals surface area contributed by atoms with Gasteiger partial charge in [-0.25, -0.2) is 0 Å². The minimum Gasteiger partial charge on any atom is -0.389 e. The summed E-state index contributed by atoms with van der Waals surface area (Å²) in [6.07, 6.45) is 3.07. The number of hydrogen-bond donors (Lipinski definition) is 1. The molecule has 1 aliphatic heterocycles. The maximum Gasteiger partial charge on any atom is 0.0748 e. The van der Waals surface area contributed by atoms with Gasteiger partial charge >= 0.3 is 0 Å². The van der Waals surface area contributed by atoms with Crippen LogP contribution in [0.5, 0.6) is 0 Å². The average molecular weight is 202 g/mol. The molecule has 1 nitrogen and oxygen atoms in total. The van der Waals surface area contributed by atoms with Gasteiger partial charge in [-0.15, -0.1) is 0 Å². The molecule has 13 heavy (non-hydrogen) atoms. The second-order valence-electron chi connectivity index (χ2n) is 5.61. The van der Waals surface area contributed by atoms with E-state index in [0.29, 0.717) is 10.7 Å². The summed E-state index contributed by atoms with van der Waals surface area (Å²) < 4.78 is 0. The van der Waals surface area contributed by atoms with Crippen molar-refractivity contribution < 1.29 is 5.11 Å². The van der Waals surface area contributed by atoms with Crippen LogP contribution in [0.4, 0.5) is 0 Å². The summed E-state index contributed by atoms with van der Waals surface area (Å²) in [7, 11) is 0. The van der Waals surface area contributed by atoms with Crippen molar-refractivity contribution in [2.24, 2.45) is 5.41 Å². The number of thioether (sulfide) groups is 1. The Hall–Kier alpha value is 0.310. The van der Waals surface area contributed by atoms with Crippen molar-refractivity contribution in [3.05, 3.63) is 0 Å². The summed E-state index contributed by atoms with van der Waals surface area (Å²) in [6, 6.07) is 0. The molecule has 0 radical (unpaired) electrons. The van der Waals surface area contributed by atoms with Crippen LogP contribution in [-0.2, 0) is 0 Å². The van der Waals surface area contributed by atoms with Crippen LogP contribution < -0.4 is 0 Å². The first-order valence-electron chi connectivity index (χ1n) is 5.15. The second kappa shape index (κ2) is 3.82. The van der Waals surface area contributed by atoms with Gasteiger partial charge in [-0.1, -0.05) is 27.7 Å². The van der Waals surface area contributed by atoms with E-state index in [2.05, 4.69) is 27.7 Å². The zero-order chi connectivity index (χ0) is 10.1. The van der Waals surface area contributed by atoms with E-state index in [9.17, 15) is 5.11 Å². The van der Waals surface area contributed by atoms with Crippen molar-refractivity contribution in [2.75, 3.05) is 5.75 Å². The molecule has 78 valence electrons. The van der Waals surface area contributed by atoms with Crippen molar-refractivity contribution in [2.45, 2.75) is 57.8 Å². The Morgan fingerprint density at radius 3 is 2.46 bits per heavy atom. The highest BCUT2D eigenvalue weighted by molar-refractivity contribution is 8.00. The molecule has 2 heteroatoms. The quantitative estimate of drug-likeness (QED) is 0.742. The Bertz CT molecular complexity index is 173. The summed E-state index contributed by atoms with van der Waals surface area (Å²) >= 11 is 1.90. The monoisotopic (exact) mass is 202 g/mol.